The number of fused-ring (bicyclic) bond motifs is 2. The number of para-hydroxylation sites is 3. The Morgan fingerprint density at radius 1 is 0.885 bits per heavy atom. The number of aromatic amines is 1. The molecule has 4 aromatic rings. The molecule has 0 saturated heterocycles. The van der Waals surface area contributed by atoms with Crippen LogP contribution in [0, 0.1) is 6.92 Å². The lowest BCUT2D eigenvalue weighted by Crippen LogP contribution is -2.15. The van der Waals surface area contributed by atoms with Gasteiger partial charge in [-0.3, -0.25) is 0 Å². The van der Waals surface area contributed by atoms with E-state index in [0.29, 0.717) is 0 Å². The lowest BCUT2D eigenvalue weighted by atomic mass is 10.0. The van der Waals surface area contributed by atoms with Crippen LogP contribution in [-0.2, 0) is 0 Å². The van der Waals surface area contributed by atoms with Crippen molar-refractivity contribution < 1.29 is 0 Å². The maximum atomic E-state index is 5.01. The third kappa shape index (κ3) is 2.63. The number of aliphatic imine (C=N–C) groups is 1. The van der Waals surface area contributed by atoms with Gasteiger partial charge in [0.2, 0.25) is 0 Å². The van der Waals surface area contributed by atoms with Crippen molar-refractivity contribution in [3.05, 3.63) is 89.7 Å². The maximum absolute atomic E-state index is 5.01. The second-order valence-electron chi connectivity index (χ2n) is 6.47. The van der Waals surface area contributed by atoms with Gasteiger partial charge in [0, 0.05) is 4.90 Å². The molecule has 0 radical (unpaired) electrons. The normalized spacial score (nSPS) is 16.3. The van der Waals surface area contributed by atoms with Gasteiger partial charge in [-0.25, -0.2) is 9.98 Å². The number of nitrogens with zero attached hydrogens (tertiary/aromatic N) is 2. The molecule has 3 aromatic carbocycles. The van der Waals surface area contributed by atoms with Crippen LogP contribution in [0.5, 0.6) is 0 Å². The van der Waals surface area contributed by atoms with E-state index in [0.717, 1.165) is 33.8 Å². The monoisotopic (exact) mass is 355 g/mol. The fourth-order valence-electron chi connectivity index (χ4n) is 3.24. The van der Waals surface area contributed by atoms with E-state index in [2.05, 4.69) is 60.4 Å². The number of aryl methyl sites for hydroxylation is 1. The van der Waals surface area contributed by atoms with E-state index >= 15 is 0 Å². The maximum Gasteiger partial charge on any atom is 0.126 e. The van der Waals surface area contributed by atoms with E-state index in [1.165, 1.54) is 10.5 Å². The van der Waals surface area contributed by atoms with Crippen molar-refractivity contribution in [2.75, 3.05) is 0 Å². The molecule has 0 saturated carbocycles. The van der Waals surface area contributed by atoms with Gasteiger partial charge >= 0.3 is 0 Å². The van der Waals surface area contributed by atoms with Gasteiger partial charge in [0.05, 0.1) is 22.4 Å². The second kappa shape index (κ2) is 6.15. The van der Waals surface area contributed by atoms with Crippen LogP contribution >= 0.6 is 11.8 Å². The van der Waals surface area contributed by atoms with Crippen LogP contribution in [0.4, 0.5) is 5.69 Å². The predicted molar refractivity (Wildman–Crippen MR) is 109 cm³/mol. The van der Waals surface area contributed by atoms with Crippen molar-refractivity contribution >= 4 is 34.2 Å². The molecule has 0 fully saturated rings. The molecule has 0 aliphatic carbocycles. The number of H-pyrrole nitrogens is 1. The fourth-order valence-corrected chi connectivity index (χ4v) is 4.41. The van der Waals surface area contributed by atoms with Crippen molar-refractivity contribution in [2.24, 2.45) is 4.99 Å². The summed E-state index contributed by atoms with van der Waals surface area (Å²) < 4.78 is 0. The number of aromatic nitrogens is 2. The zero-order valence-corrected chi connectivity index (χ0v) is 15.1. The molecule has 1 aliphatic rings. The highest BCUT2D eigenvalue weighted by Gasteiger charge is 2.29. The van der Waals surface area contributed by atoms with Crippen LogP contribution in [-0.4, -0.2) is 15.7 Å². The lowest BCUT2D eigenvalue weighted by molar-refractivity contribution is 1.06. The van der Waals surface area contributed by atoms with Gasteiger partial charge in [-0.2, -0.15) is 0 Å². The Morgan fingerprint density at radius 3 is 2.50 bits per heavy atom. The Morgan fingerprint density at radius 2 is 1.65 bits per heavy atom. The molecule has 1 atom stereocenters. The highest BCUT2D eigenvalue weighted by molar-refractivity contribution is 8.00. The predicted octanol–water partition coefficient (Wildman–Crippen LogP) is 5.84. The van der Waals surface area contributed by atoms with E-state index in [4.69, 9.17) is 9.98 Å². The SMILES string of the molecule is Cc1ccc(C2=Nc3ccccc3SC2c2nc3ccccc3[nH]2)cc1. The molecule has 3 nitrogen and oxygen atoms in total. The average Bonchev–Trinajstić information content (AvgIpc) is 3.12. The molecule has 5 rings (SSSR count). The molecule has 0 bridgehead atoms. The van der Waals surface area contributed by atoms with Crippen molar-refractivity contribution in [2.45, 2.75) is 17.1 Å². The minimum Gasteiger partial charge on any atom is -0.341 e. The van der Waals surface area contributed by atoms with Crippen molar-refractivity contribution in [1.82, 2.24) is 9.97 Å². The molecule has 1 aliphatic heterocycles. The van der Waals surface area contributed by atoms with E-state index in [1.54, 1.807) is 0 Å². The first-order chi connectivity index (χ1) is 12.8. The Kier molecular flexibility index (Phi) is 3.64. The molecule has 1 aromatic heterocycles. The number of hydrogen-bond acceptors (Lipinski definition) is 3. The molecule has 0 spiro atoms. The molecule has 4 heteroatoms. The van der Waals surface area contributed by atoms with Gasteiger partial charge in [-0.1, -0.05) is 54.1 Å². The summed E-state index contributed by atoms with van der Waals surface area (Å²) in [6.07, 6.45) is 0. The number of rotatable bonds is 2. The first-order valence-electron chi connectivity index (χ1n) is 8.64. The Hall–Kier alpha value is -2.85. The van der Waals surface area contributed by atoms with Crippen LogP contribution in [0.2, 0.25) is 0 Å². The molecule has 126 valence electrons. The van der Waals surface area contributed by atoms with Gasteiger partial charge in [-0.15, -0.1) is 11.8 Å². The highest BCUT2D eigenvalue weighted by atomic mass is 32.2. The van der Waals surface area contributed by atoms with E-state index < -0.39 is 0 Å². The number of benzene rings is 3. The Balaban J connectivity index is 1.68. The highest BCUT2D eigenvalue weighted by Crippen LogP contribution is 2.46. The smallest absolute Gasteiger partial charge is 0.126 e. The summed E-state index contributed by atoms with van der Waals surface area (Å²) in [5.74, 6) is 0.949. The zero-order chi connectivity index (χ0) is 17.5. The third-order valence-corrected chi connectivity index (χ3v) is 5.88. The molecule has 26 heavy (non-hydrogen) atoms. The molecule has 2 heterocycles. The van der Waals surface area contributed by atoms with Crippen LogP contribution in [0.3, 0.4) is 0 Å². The number of thioether (sulfide) groups is 1. The van der Waals surface area contributed by atoms with Gasteiger partial charge < -0.3 is 4.98 Å². The summed E-state index contributed by atoms with van der Waals surface area (Å²) in [6.45, 7) is 2.10. The molecule has 1 unspecified atom stereocenters. The van der Waals surface area contributed by atoms with Crippen LogP contribution in [0.15, 0.2) is 82.7 Å². The minimum atomic E-state index is 0.0417. The molecule has 1 N–H and O–H groups in total. The summed E-state index contributed by atoms with van der Waals surface area (Å²) in [7, 11) is 0. The lowest BCUT2D eigenvalue weighted by Gasteiger charge is -2.23. The molecular weight excluding hydrogens is 338 g/mol. The van der Waals surface area contributed by atoms with E-state index in [-0.39, 0.29) is 5.25 Å². The first kappa shape index (κ1) is 15.4. The summed E-state index contributed by atoms with van der Waals surface area (Å²) in [5, 5.41) is 0.0417. The largest absolute Gasteiger partial charge is 0.341 e. The molecular formula is C22H17N3S. The standard InChI is InChI=1S/C22H17N3S/c1-14-10-12-15(13-11-14)20-21(26-19-9-5-4-8-18(19)23-20)22-24-16-6-2-3-7-17(16)25-22/h2-13,21H,1H3,(H,24,25). The molecule has 0 amide bonds. The van der Waals surface area contributed by atoms with Crippen LogP contribution in [0.1, 0.15) is 22.2 Å². The Bertz CT molecular complexity index is 1090. The average molecular weight is 355 g/mol. The fraction of sp³-hybridized carbons (Fsp3) is 0.0909. The summed E-state index contributed by atoms with van der Waals surface area (Å²) in [5.41, 5.74) is 6.52. The number of hydrogen-bond donors (Lipinski definition) is 1. The summed E-state index contributed by atoms with van der Waals surface area (Å²) >= 11 is 1.81. The summed E-state index contributed by atoms with van der Waals surface area (Å²) in [4.78, 5) is 14.5. The summed E-state index contributed by atoms with van der Waals surface area (Å²) in [6, 6.07) is 25.0. The minimum absolute atomic E-state index is 0.0417. The van der Waals surface area contributed by atoms with Crippen LogP contribution in [0.25, 0.3) is 11.0 Å². The van der Waals surface area contributed by atoms with E-state index in [9.17, 15) is 0 Å². The van der Waals surface area contributed by atoms with Crippen LogP contribution < -0.4 is 0 Å². The first-order valence-corrected chi connectivity index (χ1v) is 9.52. The van der Waals surface area contributed by atoms with Gasteiger partial charge in [0.25, 0.3) is 0 Å². The number of imidazole rings is 1. The van der Waals surface area contributed by atoms with Crippen molar-refractivity contribution in [3.63, 3.8) is 0 Å². The van der Waals surface area contributed by atoms with Crippen molar-refractivity contribution in [3.8, 4) is 0 Å². The van der Waals surface area contributed by atoms with Gasteiger partial charge in [-0.05, 0) is 36.8 Å². The zero-order valence-electron chi connectivity index (χ0n) is 14.3. The van der Waals surface area contributed by atoms with Gasteiger partial charge in [0.1, 0.15) is 11.1 Å². The third-order valence-electron chi connectivity index (χ3n) is 4.60. The topological polar surface area (TPSA) is 41.0 Å². The second-order valence-corrected chi connectivity index (χ2v) is 7.61. The number of nitrogens with one attached hydrogen (secondary N) is 1. The quantitative estimate of drug-likeness (QED) is 0.491. The van der Waals surface area contributed by atoms with Crippen molar-refractivity contribution in [1.29, 1.82) is 0 Å². The Labute approximate surface area is 156 Å². The van der Waals surface area contributed by atoms with E-state index in [1.807, 2.05) is 36.0 Å². The van der Waals surface area contributed by atoms with Gasteiger partial charge in [0.15, 0.2) is 0 Å².